The molecule has 1 aromatic heterocycles. The molecule has 1 aliphatic carbocycles. The third-order valence-electron chi connectivity index (χ3n) is 8.29. The first-order chi connectivity index (χ1) is 18.3. The monoisotopic (exact) mass is 504 g/mol. The number of rotatable bonds is 7. The molecule has 0 fully saturated rings. The van der Waals surface area contributed by atoms with Crippen molar-refractivity contribution in [3.8, 4) is 0 Å². The van der Waals surface area contributed by atoms with Crippen molar-refractivity contribution in [2.24, 2.45) is 0 Å². The normalized spacial score (nSPS) is 17.7. The Morgan fingerprint density at radius 3 is 1.97 bits per heavy atom. The summed E-state index contributed by atoms with van der Waals surface area (Å²) < 4.78 is 4.34. The Kier molecular flexibility index (Phi) is 6.83. The highest BCUT2D eigenvalue weighted by atomic mass is 16.3. The number of benzene rings is 2. The molecule has 0 atom stereocenters. The number of carbonyl (C=O) groups is 1. The van der Waals surface area contributed by atoms with E-state index in [0.717, 1.165) is 57.9 Å². The smallest absolute Gasteiger partial charge is 0.219 e. The van der Waals surface area contributed by atoms with Gasteiger partial charge in [-0.3, -0.25) is 4.79 Å². The van der Waals surface area contributed by atoms with Gasteiger partial charge in [0.1, 0.15) is 0 Å². The van der Waals surface area contributed by atoms with Crippen molar-refractivity contribution < 1.29 is 14.5 Å². The first-order valence-electron chi connectivity index (χ1n) is 13.6. The minimum atomic E-state index is -0.134. The number of allylic oxidation sites excluding steroid dienone is 4. The summed E-state index contributed by atoms with van der Waals surface area (Å²) in [6.45, 7) is 13.8. The van der Waals surface area contributed by atoms with Crippen molar-refractivity contribution in [2.45, 2.75) is 67.5 Å². The van der Waals surface area contributed by atoms with E-state index in [1.807, 2.05) is 36.4 Å². The minimum Gasteiger partial charge on any atom is -0.871 e. The zero-order chi connectivity index (χ0) is 27.1. The molecule has 0 radical (unpaired) electrons. The number of hydrogen-bond acceptors (Lipinski definition) is 2. The number of hydrogen-bond donors (Lipinski definition) is 0. The van der Waals surface area contributed by atoms with Crippen LogP contribution < -0.4 is 5.11 Å². The van der Waals surface area contributed by atoms with Gasteiger partial charge in [-0.05, 0) is 50.3 Å². The van der Waals surface area contributed by atoms with Crippen LogP contribution >= 0.6 is 0 Å². The average Bonchev–Trinajstić information content (AvgIpc) is 3.28. The van der Waals surface area contributed by atoms with Gasteiger partial charge in [0.15, 0.2) is 12.3 Å². The maximum atomic E-state index is 14.0. The number of ketones is 1. The number of aromatic nitrogens is 1. The Labute approximate surface area is 226 Å². The second-order valence-electron chi connectivity index (χ2n) is 10.3. The molecule has 38 heavy (non-hydrogen) atoms. The highest BCUT2D eigenvalue weighted by molar-refractivity contribution is 6.39. The van der Waals surface area contributed by atoms with Crippen LogP contribution in [0.3, 0.4) is 0 Å². The predicted molar refractivity (Wildman–Crippen MR) is 152 cm³/mol. The van der Waals surface area contributed by atoms with Crippen molar-refractivity contribution in [3.63, 3.8) is 0 Å². The zero-order valence-electron chi connectivity index (χ0n) is 23.3. The molecular formula is C34H36N2O2. The van der Waals surface area contributed by atoms with Crippen LogP contribution in [0.1, 0.15) is 67.8 Å². The van der Waals surface area contributed by atoms with Crippen molar-refractivity contribution in [2.75, 3.05) is 0 Å². The largest absolute Gasteiger partial charge is 0.871 e. The van der Waals surface area contributed by atoms with Crippen LogP contribution in [0.25, 0.3) is 5.57 Å². The van der Waals surface area contributed by atoms with Gasteiger partial charge in [0.05, 0.1) is 11.3 Å². The first-order valence-corrected chi connectivity index (χ1v) is 13.6. The van der Waals surface area contributed by atoms with E-state index in [-0.39, 0.29) is 11.5 Å². The molecule has 0 bridgehead atoms. The van der Waals surface area contributed by atoms with Gasteiger partial charge in [-0.25, -0.2) is 0 Å². The second-order valence-corrected chi connectivity index (χ2v) is 10.3. The van der Waals surface area contributed by atoms with Crippen LogP contribution in [0, 0.1) is 13.8 Å². The average molecular weight is 505 g/mol. The molecule has 2 aromatic carbocycles. The molecule has 0 saturated carbocycles. The second kappa shape index (κ2) is 10.1. The van der Waals surface area contributed by atoms with Gasteiger partial charge in [-0.1, -0.05) is 80.3 Å². The van der Waals surface area contributed by atoms with Crippen LogP contribution in [-0.2, 0) is 24.3 Å². The van der Waals surface area contributed by atoms with Gasteiger partial charge in [-0.15, -0.1) is 0 Å². The molecule has 0 N–H and O–H groups in total. The van der Waals surface area contributed by atoms with Crippen LogP contribution in [0.15, 0.2) is 88.8 Å². The Bertz CT molecular complexity index is 1560. The molecule has 194 valence electrons. The highest BCUT2D eigenvalue weighted by Crippen LogP contribution is 2.43. The van der Waals surface area contributed by atoms with Crippen molar-refractivity contribution in [1.29, 1.82) is 0 Å². The van der Waals surface area contributed by atoms with Crippen molar-refractivity contribution in [3.05, 3.63) is 122 Å². The van der Waals surface area contributed by atoms with E-state index in [1.54, 1.807) is 0 Å². The van der Waals surface area contributed by atoms with Gasteiger partial charge in [0.2, 0.25) is 11.5 Å². The summed E-state index contributed by atoms with van der Waals surface area (Å²) in [6, 6.07) is 20.5. The maximum Gasteiger partial charge on any atom is 0.219 e. The van der Waals surface area contributed by atoms with Crippen LogP contribution in [0.2, 0.25) is 0 Å². The molecule has 0 unspecified atom stereocenters. The summed E-state index contributed by atoms with van der Waals surface area (Å²) in [5.74, 6) is -0.268. The third-order valence-corrected chi connectivity index (χ3v) is 8.29. The molecule has 2 aliphatic rings. The van der Waals surface area contributed by atoms with Crippen molar-refractivity contribution >= 4 is 17.1 Å². The highest BCUT2D eigenvalue weighted by Gasteiger charge is 2.42. The Balaban J connectivity index is 1.67. The summed E-state index contributed by atoms with van der Waals surface area (Å²) in [5.41, 5.74) is 11.3. The lowest BCUT2D eigenvalue weighted by Crippen LogP contribution is -2.33. The molecule has 0 amide bonds. The number of nitrogens with zero attached hydrogens (tertiary/aromatic N) is 2. The molecule has 4 nitrogen and oxygen atoms in total. The van der Waals surface area contributed by atoms with E-state index in [4.69, 9.17) is 0 Å². The fraction of sp³-hybridized carbons (Fsp3) is 0.294. The van der Waals surface area contributed by atoms with E-state index in [1.165, 1.54) is 11.1 Å². The SMILES string of the molecule is CCC1=C(C)C(=C2C(=O)C(c3c(C)c(CC)c(C)n3Cc3ccccc3)=C2[O-])[N+](Cc2ccccc2)=C1C. The van der Waals surface area contributed by atoms with Gasteiger partial charge in [0, 0.05) is 41.4 Å². The summed E-state index contributed by atoms with van der Waals surface area (Å²) in [4.78, 5) is 14.0. The topological polar surface area (TPSA) is 48.1 Å². The Morgan fingerprint density at radius 2 is 1.42 bits per heavy atom. The fourth-order valence-electron chi connectivity index (χ4n) is 6.33. The molecular weight excluding hydrogens is 468 g/mol. The van der Waals surface area contributed by atoms with Gasteiger partial charge in [-0.2, -0.15) is 4.58 Å². The number of carbonyl (C=O) groups excluding carboxylic acids is 1. The lowest BCUT2D eigenvalue weighted by Gasteiger charge is -2.32. The lowest BCUT2D eigenvalue weighted by molar-refractivity contribution is -0.488. The molecule has 4 heteroatoms. The molecule has 1 aliphatic heterocycles. The van der Waals surface area contributed by atoms with E-state index < -0.39 is 0 Å². The lowest BCUT2D eigenvalue weighted by atomic mass is 9.81. The van der Waals surface area contributed by atoms with Crippen LogP contribution in [-0.4, -0.2) is 20.6 Å². The summed E-state index contributed by atoms with van der Waals surface area (Å²) >= 11 is 0. The molecule has 3 aromatic rings. The van der Waals surface area contributed by atoms with Gasteiger partial charge in [0.25, 0.3) is 0 Å². The van der Waals surface area contributed by atoms with E-state index in [2.05, 4.69) is 75.0 Å². The van der Waals surface area contributed by atoms with Gasteiger partial charge >= 0.3 is 0 Å². The molecule has 0 spiro atoms. The first kappa shape index (κ1) is 25.7. The summed E-state index contributed by atoms with van der Waals surface area (Å²) in [7, 11) is 0. The van der Waals surface area contributed by atoms with E-state index in [9.17, 15) is 9.90 Å². The quantitative estimate of drug-likeness (QED) is 0.291. The molecule has 5 rings (SSSR count). The third kappa shape index (κ3) is 3.99. The summed E-state index contributed by atoms with van der Waals surface area (Å²) in [5, 5.41) is 14.0. The Hall–Kier alpha value is -3.92. The maximum absolute atomic E-state index is 14.0. The predicted octanol–water partition coefficient (Wildman–Crippen LogP) is 6.04. The Morgan fingerprint density at radius 1 is 0.816 bits per heavy atom. The molecule has 0 saturated heterocycles. The summed E-state index contributed by atoms with van der Waals surface area (Å²) in [6.07, 6.45) is 1.72. The fourth-order valence-corrected chi connectivity index (χ4v) is 6.33. The van der Waals surface area contributed by atoms with E-state index >= 15 is 0 Å². The van der Waals surface area contributed by atoms with E-state index in [0.29, 0.717) is 24.2 Å². The van der Waals surface area contributed by atoms with Crippen molar-refractivity contribution in [1.82, 2.24) is 4.57 Å². The zero-order valence-corrected chi connectivity index (χ0v) is 23.3. The standard InChI is InChI=1S/C34H36N2O2/c1-7-27-21(3)31(35(23(27)5)19-25-15-11-9-12-16-25)29-33(37)30(34(29)38)32-22(4)28(8-2)24(6)36(32)20-26-17-13-10-14-18-26/h9-18H,7-8,19-20H2,1-6H3. The van der Waals surface area contributed by atoms with Crippen LogP contribution in [0.5, 0.6) is 0 Å². The van der Waals surface area contributed by atoms with Crippen LogP contribution in [0.4, 0.5) is 0 Å². The van der Waals surface area contributed by atoms with Gasteiger partial charge < -0.3 is 9.67 Å². The molecule has 2 heterocycles. The number of Topliss-reactive ketones (excluding diaryl/α,β-unsaturated/α-hetero) is 1. The minimum absolute atomic E-state index is 0.134.